The van der Waals surface area contributed by atoms with Gasteiger partial charge in [0.2, 0.25) is 0 Å². The van der Waals surface area contributed by atoms with Crippen LogP contribution >= 0.6 is 0 Å². The van der Waals surface area contributed by atoms with Crippen LogP contribution in [0.2, 0.25) is 0 Å². The summed E-state index contributed by atoms with van der Waals surface area (Å²) < 4.78 is 2.05. The van der Waals surface area contributed by atoms with Crippen molar-refractivity contribution in [1.82, 2.24) is 9.55 Å². The minimum atomic E-state index is -1.19. The Kier molecular flexibility index (Phi) is 4.45. The van der Waals surface area contributed by atoms with Crippen molar-refractivity contribution in [1.29, 1.82) is 0 Å². The molecule has 5 nitrogen and oxygen atoms in total. The van der Waals surface area contributed by atoms with Crippen molar-refractivity contribution in [3.05, 3.63) is 68.8 Å². The molecule has 2 aromatic heterocycles. The number of nitrogens with zero attached hydrogens (tertiary/aromatic N) is 2. The van der Waals surface area contributed by atoms with Crippen LogP contribution in [-0.2, 0) is 0 Å². The van der Waals surface area contributed by atoms with Crippen LogP contribution in [0.1, 0.15) is 34.2 Å². The van der Waals surface area contributed by atoms with E-state index in [0.717, 1.165) is 33.6 Å². The van der Waals surface area contributed by atoms with Crippen molar-refractivity contribution < 1.29 is 10.2 Å². The van der Waals surface area contributed by atoms with Crippen molar-refractivity contribution in [2.45, 2.75) is 33.8 Å². The van der Waals surface area contributed by atoms with E-state index >= 15 is 0 Å². The number of fused-ring (bicyclic) bond motifs is 1. The average molecular weight is 338 g/mol. The summed E-state index contributed by atoms with van der Waals surface area (Å²) in [6.07, 6.45) is 0.449. The van der Waals surface area contributed by atoms with Gasteiger partial charge >= 0.3 is 0 Å². The Labute approximate surface area is 146 Å². The summed E-state index contributed by atoms with van der Waals surface area (Å²) in [5.41, 5.74) is 5.59. The SMILES string of the molecule is Cc1cccc(C)c1-n1c(C)cc(=O)c2c(C(O)CO)ncc(C)c21. The number of aryl methyl sites for hydroxylation is 4. The molecule has 3 aromatic rings. The highest BCUT2D eigenvalue weighted by Crippen LogP contribution is 2.29. The van der Waals surface area contributed by atoms with E-state index in [4.69, 9.17) is 0 Å². The van der Waals surface area contributed by atoms with Gasteiger partial charge in [-0.2, -0.15) is 0 Å². The third kappa shape index (κ3) is 2.75. The first-order valence-corrected chi connectivity index (χ1v) is 8.24. The number of hydrogen-bond donors (Lipinski definition) is 2. The van der Waals surface area contributed by atoms with E-state index in [9.17, 15) is 15.0 Å². The van der Waals surface area contributed by atoms with E-state index in [2.05, 4.69) is 4.98 Å². The molecule has 25 heavy (non-hydrogen) atoms. The fraction of sp³-hybridized carbons (Fsp3) is 0.300. The van der Waals surface area contributed by atoms with Gasteiger partial charge in [-0.3, -0.25) is 9.78 Å². The molecule has 5 heteroatoms. The molecule has 1 unspecified atom stereocenters. The molecule has 0 aliphatic heterocycles. The second-order valence-corrected chi connectivity index (χ2v) is 6.47. The normalized spacial score (nSPS) is 12.6. The molecular formula is C20H22N2O3. The molecule has 0 aliphatic carbocycles. The topological polar surface area (TPSA) is 75.4 Å². The van der Waals surface area contributed by atoms with E-state index in [-0.39, 0.29) is 11.1 Å². The molecule has 0 bridgehead atoms. The van der Waals surface area contributed by atoms with Crippen molar-refractivity contribution in [2.24, 2.45) is 0 Å². The number of aliphatic hydroxyl groups is 2. The molecule has 0 saturated carbocycles. The Morgan fingerprint density at radius 3 is 2.36 bits per heavy atom. The van der Waals surface area contributed by atoms with E-state index in [0.29, 0.717) is 5.39 Å². The van der Waals surface area contributed by atoms with E-state index in [1.165, 1.54) is 0 Å². The zero-order valence-corrected chi connectivity index (χ0v) is 14.9. The monoisotopic (exact) mass is 338 g/mol. The summed E-state index contributed by atoms with van der Waals surface area (Å²) in [5.74, 6) is 0. The van der Waals surface area contributed by atoms with Gasteiger partial charge in [-0.15, -0.1) is 0 Å². The van der Waals surface area contributed by atoms with Crippen LogP contribution in [0.3, 0.4) is 0 Å². The fourth-order valence-corrected chi connectivity index (χ4v) is 3.43. The third-order valence-corrected chi connectivity index (χ3v) is 4.58. The molecule has 0 fully saturated rings. The summed E-state index contributed by atoms with van der Waals surface area (Å²) in [6, 6.07) is 7.63. The largest absolute Gasteiger partial charge is 0.393 e. The molecule has 1 aromatic carbocycles. The summed E-state index contributed by atoms with van der Waals surface area (Å²) in [6.45, 7) is 7.38. The second kappa shape index (κ2) is 6.43. The van der Waals surface area contributed by atoms with Crippen molar-refractivity contribution >= 4 is 10.9 Å². The van der Waals surface area contributed by atoms with Gasteiger partial charge in [0.05, 0.1) is 28.9 Å². The van der Waals surface area contributed by atoms with Crippen molar-refractivity contribution in [2.75, 3.05) is 6.61 Å². The minimum Gasteiger partial charge on any atom is -0.393 e. The zero-order valence-electron chi connectivity index (χ0n) is 14.9. The molecule has 0 radical (unpaired) electrons. The number of hydrogen-bond acceptors (Lipinski definition) is 4. The standard InChI is InChI=1S/C20H22N2O3/c1-11-6-5-7-12(2)19(11)22-14(4)8-15(24)17-18(16(25)10-23)21-9-13(3)20(17)22/h5-9,16,23,25H,10H2,1-4H3. The Morgan fingerprint density at radius 2 is 1.76 bits per heavy atom. The highest BCUT2D eigenvalue weighted by atomic mass is 16.3. The predicted octanol–water partition coefficient (Wildman–Crippen LogP) is 2.65. The molecule has 0 spiro atoms. The second-order valence-electron chi connectivity index (χ2n) is 6.47. The van der Waals surface area contributed by atoms with Crippen LogP contribution in [0, 0.1) is 27.7 Å². The van der Waals surface area contributed by atoms with Gasteiger partial charge < -0.3 is 14.8 Å². The first kappa shape index (κ1) is 17.3. The number of pyridine rings is 2. The number of para-hydroxylation sites is 1. The van der Waals surface area contributed by atoms with Gasteiger partial charge in [0.25, 0.3) is 0 Å². The molecule has 130 valence electrons. The number of rotatable bonds is 3. The Hall–Kier alpha value is -2.50. The van der Waals surface area contributed by atoms with Gasteiger partial charge in [0.15, 0.2) is 5.43 Å². The zero-order chi connectivity index (χ0) is 18.3. The molecule has 2 heterocycles. The number of aromatic nitrogens is 2. The number of benzene rings is 1. The lowest BCUT2D eigenvalue weighted by atomic mass is 10.0. The molecule has 3 rings (SSSR count). The third-order valence-electron chi connectivity index (χ3n) is 4.58. The summed E-state index contributed by atoms with van der Waals surface area (Å²) in [5, 5.41) is 19.8. The van der Waals surface area contributed by atoms with Gasteiger partial charge in [0, 0.05) is 18.0 Å². The maximum Gasteiger partial charge on any atom is 0.191 e. The molecule has 0 aliphatic rings. The molecule has 2 N–H and O–H groups in total. The van der Waals surface area contributed by atoms with E-state index < -0.39 is 12.7 Å². The Morgan fingerprint density at radius 1 is 1.12 bits per heavy atom. The van der Waals surface area contributed by atoms with Gasteiger partial charge in [-0.1, -0.05) is 18.2 Å². The van der Waals surface area contributed by atoms with E-state index in [1.54, 1.807) is 12.3 Å². The lowest BCUT2D eigenvalue weighted by molar-refractivity contribution is 0.0934. The van der Waals surface area contributed by atoms with Crippen molar-refractivity contribution in [3.8, 4) is 5.69 Å². The van der Waals surface area contributed by atoms with Crippen LogP contribution in [0.4, 0.5) is 0 Å². The number of aliphatic hydroxyl groups excluding tert-OH is 2. The van der Waals surface area contributed by atoms with Crippen LogP contribution in [0.5, 0.6) is 0 Å². The van der Waals surface area contributed by atoms with Crippen LogP contribution in [0.25, 0.3) is 16.6 Å². The smallest absolute Gasteiger partial charge is 0.191 e. The fourth-order valence-electron chi connectivity index (χ4n) is 3.43. The highest BCUT2D eigenvalue weighted by Gasteiger charge is 2.20. The average Bonchev–Trinajstić information content (AvgIpc) is 2.57. The molecular weight excluding hydrogens is 316 g/mol. The quantitative estimate of drug-likeness (QED) is 0.770. The Balaban J connectivity index is 2.56. The molecule has 0 amide bonds. The molecule has 0 saturated heterocycles. The predicted molar refractivity (Wildman–Crippen MR) is 98.3 cm³/mol. The maximum absolute atomic E-state index is 12.7. The summed E-state index contributed by atoms with van der Waals surface area (Å²) >= 11 is 0. The lowest BCUT2D eigenvalue weighted by Crippen LogP contribution is -2.18. The first-order valence-electron chi connectivity index (χ1n) is 8.24. The van der Waals surface area contributed by atoms with Gasteiger partial charge in [-0.05, 0) is 44.4 Å². The summed E-state index contributed by atoms with van der Waals surface area (Å²) in [7, 11) is 0. The van der Waals surface area contributed by atoms with Gasteiger partial charge in [-0.25, -0.2) is 0 Å². The van der Waals surface area contributed by atoms with Gasteiger partial charge in [0.1, 0.15) is 6.10 Å². The first-order chi connectivity index (χ1) is 11.9. The maximum atomic E-state index is 12.7. The van der Waals surface area contributed by atoms with Crippen LogP contribution in [-0.4, -0.2) is 26.4 Å². The van der Waals surface area contributed by atoms with Crippen LogP contribution < -0.4 is 5.43 Å². The molecule has 1 atom stereocenters. The van der Waals surface area contributed by atoms with Crippen LogP contribution in [0.15, 0.2) is 35.3 Å². The minimum absolute atomic E-state index is 0.200. The highest BCUT2D eigenvalue weighted by molar-refractivity contribution is 5.86. The lowest BCUT2D eigenvalue weighted by Gasteiger charge is -2.22. The van der Waals surface area contributed by atoms with Crippen molar-refractivity contribution in [3.63, 3.8) is 0 Å². The Bertz CT molecular complexity index is 1000. The van der Waals surface area contributed by atoms with E-state index in [1.807, 2.05) is 50.5 Å². The summed E-state index contributed by atoms with van der Waals surface area (Å²) in [4.78, 5) is 16.9.